The Kier molecular flexibility index (Phi) is 7.61. The van der Waals surface area contributed by atoms with E-state index >= 15 is 0 Å². The summed E-state index contributed by atoms with van der Waals surface area (Å²) in [6, 6.07) is 8.73. The molecule has 1 N–H and O–H groups in total. The fourth-order valence-corrected chi connectivity index (χ4v) is 4.72. The molecular weight excluding hydrogens is 427 g/mol. The molecular formula is C22H26F3N3O2S. The molecule has 168 valence electrons. The molecule has 0 saturated carbocycles. The lowest BCUT2D eigenvalue weighted by Gasteiger charge is -2.30. The number of hydrogen-bond donors (Lipinski definition) is 1. The van der Waals surface area contributed by atoms with Crippen molar-refractivity contribution in [2.75, 3.05) is 38.2 Å². The zero-order valence-electron chi connectivity index (χ0n) is 17.7. The van der Waals surface area contributed by atoms with Crippen LogP contribution in [0.25, 0.3) is 10.9 Å². The molecule has 3 aromatic rings. The second kappa shape index (κ2) is 10.2. The molecule has 1 unspecified atom stereocenters. The largest absolute Gasteiger partial charge is 0.495 e. The van der Waals surface area contributed by atoms with E-state index in [1.165, 1.54) is 16.1 Å². The predicted octanol–water partition coefficient (Wildman–Crippen LogP) is 4.73. The summed E-state index contributed by atoms with van der Waals surface area (Å²) in [7, 11) is -0.216. The van der Waals surface area contributed by atoms with Crippen LogP contribution in [-0.2, 0) is 11.0 Å². The molecule has 1 fully saturated rings. The van der Waals surface area contributed by atoms with Gasteiger partial charge in [0.1, 0.15) is 11.6 Å². The van der Waals surface area contributed by atoms with Crippen molar-refractivity contribution >= 4 is 27.6 Å². The molecule has 1 atom stereocenters. The Morgan fingerprint density at radius 3 is 2.45 bits per heavy atom. The van der Waals surface area contributed by atoms with Crippen LogP contribution in [0.4, 0.5) is 18.9 Å². The number of nitrogens with one attached hydrogen (secondary N) is 1. The van der Waals surface area contributed by atoms with E-state index in [1.54, 1.807) is 25.3 Å². The molecule has 2 aromatic carbocycles. The highest BCUT2D eigenvalue weighted by molar-refractivity contribution is 7.83. The Morgan fingerprint density at radius 1 is 1.10 bits per heavy atom. The first kappa shape index (κ1) is 23.1. The van der Waals surface area contributed by atoms with E-state index in [0.717, 1.165) is 44.1 Å². The van der Waals surface area contributed by atoms with E-state index in [1.807, 2.05) is 13.8 Å². The smallest absolute Gasteiger partial charge is 0.265 e. The SMILES string of the molecule is CC.COc1ccc(S(=O)n2cc(C(F)F)c3cc(F)ccc32)cc1N1CCNCC1. The Balaban J connectivity index is 0.00000132. The normalized spacial score (nSPS) is 15.0. The predicted molar refractivity (Wildman–Crippen MR) is 118 cm³/mol. The maximum Gasteiger partial charge on any atom is 0.265 e. The number of methoxy groups -OCH3 is 1. The van der Waals surface area contributed by atoms with Gasteiger partial charge in [0, 0.05) is 43.3 Å². The maximum atomic E-state index is 13.6. The highest BCUT2D eigenvalue weighted by Crippen LogP contribution is 2.34. The van der Waals surface area contributed by atoms with Crippen molar-refractivity contribution in [2.45, 2.75) is 25.2 Å². The van der Waals surface area contributed by atoms with Crippen LogP contribution in [0.1, 0.15) is 25.8 Å². The number of rotatable bonds is 5. The summed E-state index contributed by atoms with van der Waals surface area (Å²) in [5.41, 5.74) is 0.750. The van der Waals surface area contributed by atoms with Gasteiger partial charge in [0.2, 0.25) is 0 Å². The standard InChI is InChI=1S/C20H20F3N3O2S.C2H6/c1-28-19-5-3-14(11-18(19)25-8-6-24-7-9-25)29(27)26-12-16(20(22)23)15-10-13(21)2-4-17(15)26;1-2/h2-5,10-12,20,24H,6-9H2,1H3;1-2H3. The number of hydrogen-bond acceptors (Lipinski definition) is 4. The molecule has 1 aliphatic heterocycles. The Labute approximate surface area is 182 Å². The number of ether oxygens (including phenoxy) is 1. The van der Waals surface area contributed by atoms with Gasteiger partial charge in [0.25, 0.3) is 6.43 Å². The van der Waals surface area contributed by atoms with E-state index < -0.39 is 23.2 Å². The van der Waals surface area contributed by atoms with Crippen molar-refractivity contribution in [1.29, 1.82) is 0 Å². The maximum absolute atomic E-state index is 13.6. The first-order valence-corrected chi connectivity index (χ1v) is 11.2. The van der Waals surface area contributed by atoms with Gasteiger partial charge in [-0.15, -0.1) is 0 Å². The summed E-state index contributed by atoms with van der Waals surface area (Å²) >= 11 is 0. The molecule has 9 heteroatoms. The van der Waals surface area contributed by atoms with Crippen molar-refractivity contribution in [3.63, 3.8) is 0 Å². The van der Waals surface area contributed by atoms with Crippen LogP contribution >= 0.6 is 0 Å². The van der Waals surface area contributed by atoms with Gasteiger partial charge in [-0.3, -0.25) is 3.97 Å². The summed E-state index contributed by atoms with van der Waals surface area (Å²) < 4.78 is 60.5. The second-order valence-corrected chi connectivity index (χ2v) is 8.06. The molecule has 5 nitrogen and oxygen atoms in total. The van der Waals surface area contributed by atoms with Gasteiger partial charge >= 0.3 is 0 Å². The minimum Gasteiger partial charge on any atom is -0.495 e. The second-order valence-electron chi connectivity index (χ2n) is 6.69. The average Bonchev–Trinajstić information content (AvgIpc) is 3.19. The Hall–Kier alpha value is -2.52. The zero-order valence-corrected chi connectivity index (χ0v) is 18.5. The number of aromatic nitrogens is 1. The molecule has 1 aliphatic rings. The molecule has 0 amide bonds. The van der Waals surface area contributed by atoms with Gasteiger partial charge in [-0.1, -0.05) is 13.8 Å². The molecule has 0 aliphatic carbocycles. The Bertz CT molecular complexity index is 1070. The number of alkyl halides is 2. The molecule has 4 rings (SSSR count). The van der Waals surface area contributed by atoms with Gasteiger partial charge in [-0.05, 0) is 36.4 Å². The summed E-state index contributed by atoms with van der Waals surface area (Å²) in [6.07, 6.45) is -1.66. The number of fused-ring (bicyclic) bond motifs is 1. The average molecular weight is 454 g/mol. The highest BCUT2D eigenvalue weighted by Gasteiger charge is 2.22. The monoisotopic (exact) mass is 453 g/mol. The van der Waals surface area contributed by atoms with Crippen LogP contribution in [0.2, 0.25) is 0 Å². The lowest BCUT2D eigenvalue weighted by molar-refractivity contribution is 0.153. The molecule has 31 heavy (non-hydrogen) atoms. The summed E-state index contributed by atoms with van der Waals surface area (Å²) in [5.74, 6) is 0.0359. The van der Waals surface area contributed by atoms with Crippen molar-refractivity contribution in [1.82, 2.24) is 9.29 Å². The number of benzene rings is 2. The van der Waals surface area contributed by atoms with Crippen LogP contribution < -0.4 is 15.0 Å². The van der Waals surface area contributed by atoms with Crippen molar-refractivity contribution in [3.05, 3.63) is 54.0 Å². The van der Waals surface area contributed by atoms with Crippen LogP contribution in [-0.4, -0.2) is 41.5 Å². The molecule has 1 saturated heterocycles. The third kappa shape index (κ3) is 4.72. The van der Waals surface area contributed by atoms with Gasteiger partial charge < -0.3 is 15.0 Å². The van der Waals surface area contributed by atoms with E-state index in [4.69, 9.17) is 4.74 Å². The summed E-state index contributed by atoms with van der Waals surface area (Å²) in [5, 5.41) is 3.33. The number of piperazine rings is 1. The van der Waals surface area contributed by atoms with Crippen LogP contribution in [0, 0.1) is 5.82 Å². The van der Waals surface area contributed by atoms with Gasteiger partial charge in [0.15, 0.2) is 11.0 Å². The van der Waals surface area contributed by atoms with Gasteiger partial charge in [-0.2, -0.15) is 0 Å². The molecule has 0 bridgehead atoms. The number of anilines is 1. The lowest BCUT2D eigenvalue weighted by Crippen LogP contribution is -2.43. The third-order valence-corrected chi connectivity index (χ3v) is 6.30. The van der Waals surface area contributed by atoms with Gasteiger partial charge in [0.05, 0.1) is 23.2 Å². The molecule has 0 spiro atoms. The quantitative estimate of drug-likeness (QED) is 0.607. The van der Waals surface area contributed by atoms with Crippen LogP contribution in [0.15, 0.2) is 47.5 Å². The fraction of sp³-hybridized carbons (Fsp3) is 0.364. The van der Waals surface area contributed by atoms with Crippen molar-refractivity contribution < 1.29 is 22.1 Å². The number of halogens is 3. The molecule has 0 radical (unpaired) electrons. The van der Waals surface area contributed by atoms with Crippen molar-refractivity contribution in [2.24, 2.45) is 0 Å². The first-order chi connectivity index (χ1) is 15.0. The third-order valence-electron chi connectivity index (χ3n) is 4.99. The molecule has 2 heterocycles. The van der Waals surface area contributed by atoms with Crippen molar-refractivity contribution in [3.8, 4) is 5.75 Å². The Morgan fingerprint density at radius 2 is 1.81 bits per heavy atom. The van der Waals surface area contributed by atoms with E-state index in [2.05, 4.69) is 10.2 Å². The summed E-state index contributed by atoms with van der Waals surface area (Å²) in [6.45, 7) is 7.19. The first-order valence-electron chi connectivity index (χ1n) is 10.1. The molecule has 1 aromatic heterocycles. The zero-order chi connectivity index (χ0) is 22.5. The van der Waals surface area contributed by atoms with Crippen LogP contribution in [0.3, 0.4) is 0 Å². The minimum absolute atomic E-state index is 0.0594. The lowest BCUT2D eigenvalue weighted by atomic mass is 10.2. The minimum atomic E-state index is -2.80. The highest BCUT2D eigenvalue weighted by atomic mass is 32.2. The van der Waals surface area contributed by atoms with Crippen LogP contribution in [0.5, 0.6) is 5.75 Å². The van der Waals surface area contributed by atoms with E-state index in [0.29, 0.717) is 16.2 Å². The van der Waals surface area contributed by atoms with E-state index in [-0.39, 0.29) is 10.9 Å². The van der Waals surface area contributed by atoms with E-state index in [9.17, 15) is 17.4 Å². The fourth-order valence-electron chi connectivity index (χ4n) is 3.55. The number of nitrogens with zero attached hydrogens (tertiary/aromatic N) is 2. The summed E-state index contributed by atoms with van der Waals surface area (Å²) in [4.78, 5) is 2.57. The van der Waals surface area contributed by atoms with Gasteiger partial charge in [-0.25, -0.2) is 17.4 Å². The topological polar surface area (TPSA) is 46.5 Å².